The van der Waals surface area contributed by atoms with Gasteiger partial charge in [-0.25, -0.2) is 4.98 Å². The molecule has 1 fully saturated rings. The van der Waals surface area contributed by atoms with Crippen LogP contribution < -0.4 is 15.1 Å². The monoisotopic (exact) mass is 645 g/mol. The fourth-order valence-corrected chi connectivity index (χ4v) is 6.10. The molecule has 234 valence electrons. The largest absolute Gasteiger partial charge is 0.435 e. The Morgan fingerprint density at radius 1 is 1.13 bits per heavy atom. The third-order valence-electron chi connectivity index (χ3n) is 7.29. The van der Waals surface area contributed by atoms with Crippen molar-refractivity contribution in [2.45, 2.75) is 33.6 Å². The van der Waals surface area contributed by atoms with Crippen LogP contribution in [0.15, 0.2) is 51.0 Å². The lowest BCUT2D eigenvalue weighted by Gasteiger charge is -2.32. The van der Waals surface area contributed by atoms with Gasteiger partial charge in [-0.3, -0.25) is 4.79 Å². The van der Waals surface area contributed by atoms with Gasteiger partial charge in [0.25, 0.3) is 0 Å². The summed E-state index contributed by atoms with van der Waals surface area (Å²) in [6.45, 7) is 10.9. The predicted octanol–water partition coefficient (Wildman–Crippen LogP) is 7.75. The average Bonchev–Trinajstić information content (AvgIpc) is 3.62. The molecule has 45 heavy (non-hydrogen) atoms. The number of amides is 1. The number of nitriles is 1. The van der Waals surface area contributed by atoms with Gasteiger partial charge in [0.1, 0.15) is 28.7 Å². The van der Waals surface area contributed by atoms with E-state index in [2.05, 4.69) is 62.2 Å². The molecule has 5 rings (SSSR count). The fourth-order valence-electron chi connectivity index (χ4n) is 5.08. The summed E-state index contributed by atoms with van der Waals surface area (Å²) >= 11 is 7.44. The van der Waals surface area contributed by atoms with Crippen LogP contribution >= 0.6 is 22.9 Å². The first-order chi connectivity index (χ1) is 21.8. The molecule has 1 aliphatic rings. The van der Waals surface area contributed by atoms with Gasteiger partial charge in [0, 0.05) is 63.0 Å². The minimum atomic E-state index is -0.189. The van der Waals surface area contributed by atoms with Crippen LogP contribution in [0.25, 0.3) is 22.7 Å². The van der Waals surface area contributed by atoms with E-state index in [-0.39, 0.29) is 17.4 Å². The van der Waals surface area contributed by atoms with Gasteiger partial charge in [-0.05, 0) is 56.3 Å². The van der Waals surface area contributed by atoms with Crippen molar-refractivity contribution in [3.05, 3.63) is 52.2 Å². The molecule has 11 nitrogen and oxygen atoms in total. The van der Waals surface area contributed by atoms with E-state index >= 15 is 0 Å². The van der Waals surface area contributed by atoms with Crippen LogP contribution in [-0.2, 0) is 4.79 Å². The zero-order valence-electron chi connectivity index (χ0n) is 25.9. The Balaban J connectivity index is 1.51. The first-order valence-electron chi connectivity index (χ1n) is 15.0. The number of rotatable bonds is 11. The second-order valence-electron chi connectivity index (χ2n) is 10.8. The quantitative estimate of drug-likeness (QED) is 0.130. The molecule has 2 aromatic heterocycles. The van der Waals surface area contributed by atoms with Gasteiger partial charge in [-0.2, -0.15) is 10.2 Å². The topological polar surface area (TPSA) is 126 Å². The number of nitrogens with zero attached hydrogens (tertiary/aromatic N) is 8. The van der Waals surface area contributed by atoms with E-state index in [0.717, 1.165) is 68.5 Å². The number of allylic oxidation sites excluding steroid dienone is 1. The third kappa shape index (κ3) is 7.86. The number of oxazole rings is 1. The maximum Gasteiger partial charge on any atom is 0.238 e. The highest BCUT2D eigenvalue weighted by Gasteiger charge is 2.22. The van der Waals surface area contributed by atoms with Gasteiger partial charge < -0.3 is 24.4 Å². The van der Waals surface area contributed by atoms with Crippen LogP contribution in [-0.4, -0.2) is 67.1 Å². The molecule has 1 N–H and O–H groups in total. The maximum atomic E-state index is 12.1. The second kappa shape index (κ2) is 14.6. The number of fused-ring (bicyclic) bond motifs is 1. The summed E-state index contributed by atoms with van der Waals surface area (Å²) in [6.07, 6.45) is 3.77. The Labute approximate surface area is 271 Å². The Hall–Kier alpha value is -4.31. The van der Waals surface area contributed by atoms with Crippen LogP contribution in [0.1, 0.15) is 44.4 Å². The number of halogens is 1. The normalized spacial score (nSPS) is 14.3. The van der Waals surface area contributed by atoms with Gasteiger partial charge in [-0.15, -0.1) is 10.2 Å². The molecular formula is C32H36ClN9O2S. The Morgan fingerprint density at radius 2 is 1.89 bits per heavy atom. The Morgan fingerprint density at radius 3 is 2.58 bits per heavy atom. The van der Waals surface area contributed by atoms with Crippen molar-refractivity contribution in [3.63, 3.8) is 0 Å². The molecule has 1 saturated heterocycles. The van der Waals surface area contributed by atoms with Gasteiger partial charge in [0.15, 0.2) is 5.58 Å². The molecule has 0 radical (unpaired) electrons. The smallest absolute Gasteiger partial charge is 0.238 e. The highest BCUT2D eigenvalue weighted by Crippen LogP contribution is 2.38. The molecule has 0 saturated carbocycles. The van der Waals surface area contributed by atoms with Crippen molar-refractivity contribution < 1.29 is 9.21 Å². The summed E-state index contributed by atoms with van der Waals surface area (Å²) in [6, 6.07) is 13.2. The minimum Gasteiger partial charge on any atom is -0.435 e. The van der Waals surface area contributed by atoms with Crippen molar-refractivity contribution in [1.29, 1.82) is 5.26 Å². The standard InChI is InChI=1S/C32H36ClN9O2S/c1-5-11-41(12-6-2)24-8-10-25(27(19-24)35-21(3)43)38-39-32-37-30(42-15-13-40(4)14-16-42)29(45-32)17-22(20-34)31-36-26-9-7-23(33)18-28(26)44-31/h7-10,17-19H,5-6,11-16H2,1-4H3,(H,35,43)/b22-17+,39-38?. The van der Waals surface area contributed by atoms with E-state index in [1.165, 1.54) is 18.3 Å². The van der Waals surface area contributed by atoms with E-state index in [0.29, 0.717) is 32.6 Å². The second-order valence-corrected chi connectivity index (χ2v) is 12.3. The highest BCUT2D eigenvalue weighted by atomic mass is 35.5. The fraction of sp³-hybridized carbons (Fsp3) is 0.375. The zero-order valence-corrected chi connectivity index (χ0v) is 27.5. The molecular weight excluding hydrogens is 610 g/mol. The number of piperazine rings is 1. The van der Waals surface area contributed by atoms with E-state index in [1.54, 1.807) is 24.3 Å². The molecule has 1 aliphatic heterocycles. The van der Waals surface area contributed by atoms with Crippen molar-refractivity contribution in [2.24, 2.45) is 10.2 Å². The average molecular weight is 646 g/mol. The molecule has 2 aromatic carbocycles. The summed E-state index contributed by atoms with van der Waals surface area (Å²) in [5.74, 6) is 0.739. The van der Waals surface area contributed by atoms with E-state index in [9.17, 15) is 10.1 Å². The summed E-state index contributed by atoms with van der Waals surface area (Å²) in [7, 11) is 2.09. The molecule has 0 atom stereocenters. The lowest BCUT2D eigenvalue weighted by molar-refractivity contribution is -0.114. The molecule has 0 aliphatic carbocycles. The van der Waals surface area contributed by atoms with E-state index < -0.39 is 0 Å². The number of carbonyl (C=O) groups excluding carboxylic acids is 1. The highest BCUT2D eigenvalue weighted by molar-refractivity contribution is 7.16. The van der Waals surface area contributed by atoms with E-state index in [1.807, 2.05) is 18.2 Å². The number of hydrogen-bond donors (Lipinski definition) is 1. The number of anilines is 3. The first-order valence-corrected chi connectivity index (χ1v) is 16.2. The molecule has 0 bridgehead atoms. The number of carbonyl (C=O) groups is 1. The summed E-state index contributed by atoms with van der Waals surface area (Å²) < 4.78 is 5.89. The number of thiazole rings is 1. The Kier molecular flexibility index (Phi) is 10.4. The number of likely N-dealkylation sites (N-methyl/N-ethyl adjacent to an activating group) is 1. The third-order valence-corrected chi connectivity index (χ3v) is 8.40. The number of nitrogens with one attached hydrogen (secondary N) is 1. The van der Waals surface area contributed by atoms with Crippen molar-refractivity contribution in [3.8, 4) is 6.07 Å². The number of hydrogen-bond acceptors (Lipinski definition) is 11. The maximum absolute atomic E-state index is 12.1. The van der Waals surface area contributed by atoms with Crippen molar-refractivity contribution in [2.75, 3.05) is 61.4 Å². The van der Waals surface area contributed by atoms with Gasteiger partial charge >= 0.3 is 0 Å². The number of aromatic nitrogens is 2. The molecule has 4 aromatic rings. The predicted molar refractivity (Wildman–Crippen MR) is 182 cm³/mol. The molecule has 3 heterocycles. The summed E-state index contributed by atoms with van der Waals surface area (Å²) in [5, 5.41) is 23.0. The minimum absolute atomic E-state index is 0.189. The van der Waals surface area contributed by atoms with Gasteiger partial charge in [0.2, 0.25) is 16.9 Å². The zero-order chi connectivity index (χ0) is 31.9. The van der Waals surface area contributed by atoms with Crippen LogP contribution in [0.5, 0.6) is 0 Å². The van der Waals surface area contributed by atoms with Crippen LogP contribution in [0.4, 0.5) is 28.0 Å². The van der Waals surface area contributed by atoms with Crippen LogP contribution in [0.3, 0.4) is 0 Å². The van der Waals surface area contributed by atoms with Crippen LogP contribution in [0, 0.1) is 11.3 Å². The van der Waals surface area contributed by atoms with Gasteiger partial charge in [0.05, 0.1) is 10.6 Å². The van der Waals surface area contributed by atoms with Crippen LogP contribution in [0.2, 0.25) is 5.02 Å². The summed E-state index contributed by atoms with van der Waals surface area (Å²) in [4.78, 5) is 28.9. The molecule has 1 amide bonds. The van der Waals surface area contributed by atoms with E-state index in [4.69, 9.17) is 21.0 Å². The SMILES string of the molecule is CCCN(CCC)c1ccc(N=Nc2nc(N3CCN(C)CC3)c(/C=C(\C#N)c3nc4ccc(Cl)cc4o3)s2)c(NC(C)=O)c1. The Bertz CT molecular complexity index is 1760. The van der Waals surface area contributed by atoms with Crippen molar-refractivity contribution >= 4 is 79.6 Å². The van der Waals surface area contributed by atoms with Gasteiger partial charge in [-0.1, -0.05) is 36.8 Å². The molecule has 0 unspecified atom stereocenters. The lowest BCUT2D eigenvalue weighted by Crippen LogP contribution is -2.44. The number of azo groups is 1. The molecule has 0 spiro atoms. The number of benzene rings is 2. The molecule has 13 heteroatoms. The van der Waals surface area contributed by atoms with Crippen molar-refractivity contribution in [1.82, 2.24) is 14.9 Å². The first kappa shape index (κ1) is 32.1. The summed E-state index contributed by atoms with van der Waals surface area (Å²) in [5.41, 5.74) is 3.51. The lowest BCUT2D eigenvalue weighted by atomic mass is 10.2.